The Morgan fingerprint density at radius 2 is 1.94 bits per heavy atom. The summed E-state index contributed by atoms with van der Waals surface area (Å²) in [5, 5.41) is 24.1. The Kier molecular flexibility index (Phi) is 4.55. The highest BCUT2D eigenvalue weighted by Crippen LogP contribution is 2.36. The van der Waals surface area contributed by atoms with Crippen LogP contribution in [0.1, 0.15) is 17.2 Å². The topological polar surface area (TPSA) is 122 Å². The molecule has 0 amide bonds. The van der Waals surface area contributed by atoms with Crippen molar-refractivity contribution in [1.29, 1.82) is 0 Å². The maximum Gasteiger partial charge on any atom is 0.296 e. The summed E-state index contributed by atoms with van der Waals surface area (Å²) in [5.74, 6) is 0.444. The molecule has 3 aliphatic rings. The van der Waals surface area contributed by atoms with Crippen LogP contribution in [0, 0.1) is 0 Å². The van der Waals surface area contributed by atoms with E-state index in [0.717, 1.165) is 11.1 Å². The molecule has 0 saturated carbocycles. The van der Waals surface area contributed by atoms with Crippen molar-refractivity contribution in [2.45, 2.75) is 43.0 Å². The molecule has 3 unspecified atom stereocenters. The fourth-order valence-electron chi connectivity index (χ4n) is 4.64. The summed E-state index contributed by atoms with van der Waals surface area (Å²) in [6.45, 7) is 0.543. The van der Waals surface area contributed by atoms with Crippen molar-refractivity contribution in [2.24, 2.45) is 0 Å². The summed E-state index contributed by atoms with van der Waals surface area (Å²) >= 11 is 6.46. The van der Waals surface area contributed by atoms with Crippen LogP contribution in [0.5, 0.6) is 6.01 Å². The Hall–Kier alpha value is -2.43. The number of anilines is 1. The molecule has 2 saturated heterocycles. The van der Waals surface area contributed by atoms with Crippen LogP contribution in [0.2, 0.25) is 5.02 Å². The number of halogens is 1. The number of aromatic amines is 1. The first-order valence-corrected chi connectivity index (χ1v) is 10.6. The van der Waals surface area contributed by atoms with E-state index >= 15 is 0 Å². The lowest BCUT2D eigenvalue weighted by Crippen LogP contribution is -2.34. The minimum absolute atomic E-state index is 0.234. The fraction of sp³-hybridized carbons (Fsp3) is 0.429. The molecule has 0 spiro atoms. The first kappa shape index (κ1) is 19.3. The summed E-state index contributed by atoms with van der Waals surface area (Å²) in [5.41, 5.74) is 3.20. The largest absolute Gasteiger partial charge is 0.456 e. The Bertz CT molecular complexity index is 1140. The molecular formula is C21H21ClN4O5. The van der Waals surface area contributed by atoms with Gasteiger partial charge in [0.15, 0.2) is 11.8 Å². The van der Waals surface area contributed by atoms with Gasteiger partial charge in [-0.2, -0.15) is 4.98 Å². The summed E-state index contributed by atoms with van der Waals surface area (Å²) in [6, 6.07) is 9.63. The van der Waals surface area contributed by atoms with Gasteiger partial charge in [-0.05, 0) is 17.2 Å². The molecule has 1 aromatic carbocycles. The second-order valence-electron chi connectivity index (χ2n) is 8.14. The molecule has 4 heterocycles. The van der Waals surface area contributed by atoms with E-state index in [1.165, 1.54) is 0 Å². The Balaban J connectivity index is 1.24. The van der Waals surface area contributed by atoms with E-state index in [2.05, 4.69) is 20.3 Å². The van der Waals surface area contributed by atoms with E-state index < -0.39 is 12.2 Å². The number of aliphatic hydroxyl groups is 2. The van der Waals surface area contributed by atoms with Crippen molar-refractivity contribution in [2.75, 3.05) is 18.5 Å². The first-order valence-electron chi connectivity index (χ1n) is 10.2. The van der Waals surface area contributed by atoms with Gasteiger partial charge in [0.1, 0.15) is 24.1 Å². The van der Waals surface area contributed by atoms with Crippen LogP contribution >= 0.6 is 11.6 Å². The molecular weight excluding hydrogens is 424 g/mol. The van der Waals surface area contributed by atoms with Crippen molar-refractivity contribution in [3.63, 3.8) is 0 Å². The molecule has 0 bridgehead atoms. The SMILES string of the molecule is OC1Cc2ccccc2C1Nc1nc2nc(O[C@@H]3COC4[C@H](O)CO[C@@H]43)[nH]c2cc1Cl. The summed E-state index contributed by atoms with van der Waals surface area (Å²) in [6.07, 6.45) is -1.71. The van der Waals surface area contributed by atoms with Gasteiger partial charge in [-0.1, -0.05) is 35.9 Å². The molecule has 2 aromatic heterocycles. The maximum absolute atomic E-state index is 10.5. The van der Waals surface area contributed by atoms with Gasteiger partial charge >= 0.3 is 0 Å². The van der Waals surface area contributed by atoms with Crippen molar-refractivity contribution >= 4 is 28.6 Å². The van der Waals surface area contributed by atoms with Gasteiger partial charge in [-0.3, -0.25) is 0 Å². The number of aromatic nitrogens is 3. The molecule has 2 aliphatic heterocycles. The zero-order valence-electron chi connectivity index (χ0n) is 16.4. The third-order valence-electron chi connectivity index (χ3n) is 6.15. The normalized spacial score (nSPS) is 31.7. The second kappa shape index (κ2) is 7.32. The molecule has 9 nitrogen and oxygen atoms in total. The Morgan fingerprint density at radius 1 is 1.10 bits per heavy atom. The molecule has 6 atom stereocenters. The van der Waals surface area contributed by atoms with Crippen molar-refractivity contribution in [3.8, 4) is 6.01 Å². The predicted octanol–water partition coefficient (Wildman–Crippen LogP) is 1.59. The summed E-state index contributed by atoms with van der Waals surface area (Å²) < 4.78 is 17.1. The number of hydrogen-bond donors (Lipinski definition) is 4. The lowest BCUT2D eigenvalue weighted by molar-refractivity contribution is 0.00706. The molecule has 6 rings (SSSR count). The lowest BCUT2D eigenvalue weighted by Gasteiger charge is -2.19. The number of imidazole rings is 1. The molecule has 1 aliphatic carbocycles. The third-order valence-corrected chi connectivity index (χ3v) is 6.43. The molecule has 10 heteroatoms. The Morgan fingerprint density at radius 3 is 2.84 bits per heavy atom. The van der Waals surface area contributed by atoms with E-state index in [9.17, 15) is 10.2 Å². The number of pyridine rings is 1. The van der Waals surface area contributed by atoms with Crippen molar-refractivity contribution < 1.29 is 24.4 Å². The molecule has 2 fully saturated rings. The first-order chi connectivity index (χ1) is 15.1. The number of hydrogen-bond acceptors (Lipinski definition) is 8. The van der Waals surface area contributed by atoms with Gasteiger partial charge in [0.2, 0.25) is 0 Å². The van der Waals surface area contributed by atoms with Crippen LogP contribution < -0.4 is 10.1 Å². The maximum atomic E-state index is 10.5. The fourth-order valence-corrected chi connectivity index (χ4v) is 4.84. The van der Waals surface area contributed by atoms with Crippen LogP contribution in [0.3, 0.4) is 0 Å². The van der Waals surface area contributed by atoms with Gasteiger partial charge in [-0.15, -0.1) is 0 Å². The average Bonchev–Trinajstić information content (AvgIpc) is 3.49. The van der Waals surface area contributed by atoms with Gasteiger partial charge < -0.3 is 34.7 Å². The van der Waals surface area contributed by atoms with Crippen LogP contribution in [0.15, 0.2) is 30.3 Å². The van der Waals surface area contributed by atoms with Crippen LogP contribution in [-0.4, -0.2) is 68.9 Å². The molecule has 31 heavy (non-hydrogen) atoms. The summed E-state index contributed by atoms with van der Waals surface area (Å²) in [4.78, 5) is 12.0. The third kappa shape index (κ3) is 3.24. The second-order valence-corrected chi connectivity index (χ2v) is 8.55. The van der Waals surface area contributed by atoms with Gasteiger partial charge in [0.05, 0.1) is 35.9 Å². The zero-order chi connectivity index (χ0) is 21.1. The zero-order valence-corrected chi connectivity index (χ0v) is 17.1. The molecule has 4 N–H and O–H groups in total. The number of benzene rings is 1. The minimum atomic E-state index is -0.639. The van der Waals surface area contributed by atoms with E-state index in [0.29, 0.717) is 35.0 Å². The van der Waals surface area contributed by atoms with Crippen LogP contribution in [-0.2, 0) is 15.9 Å². The average molecular weight is 445 g/mol. The summed E-state index contributed by atoms with van der Waals surface area (Å²) in [7, 11) is 0. The molecule has 3 aromatic rings. The standard InChI is InChI=1S/C21H21ClN4O5/c22-11-6-12-20(25-19(11)24-16-10-4-2-1-3-9(10)5-13(16)27)26-21(23-12)31-15-8-30-17-14(28)7-29-18(15)17/h1-4,6,13-18,27-28H,5,7-8H2,(H2,23,24,25,26)/t13?,14-,15-,16?,17?,18-/m1/s1. The van der Waals surface area contributed by atoms with Crippen LogP contribution in [0.25, 0.3) is 11.2 Å². The number of H-pyrrole nitrogens is 1. The quantitative estimate of drug-likeness (QED) is 0.478. The van der Waals surface area contributed by atoms with E-state index in [1.54, 1.807) is 6.07 Å². The van der Waals surface area contributed by atoms with Crippen molar-refractivity contribution in [1.82, 2.24) is 15.0 Å². The number of aliphatic hydroxyl groups excluding tert-OH is 2. The Labute approximate surface area is 182 Å². The van der Waals surface area contributed by atoms with E-state index in [1.807, 2.05) is 24.3 Å². The number of fused-ring (bicyclic) bond motifs is 3. The highest BCUT2D eigenvalue weighted by atomic mass is 35.5. The monoisotopic (exact) mass is 444 g/mol. The van der Waals surface area contributed by atoms with Gasteiger partial charge in [0, 0.05) is 6.42 Å². The number of nitrogens with one attached hydrogen (secondary N) is 2. The highest BCUT2D eigenvalue weighted by Gasteiger charge is 2.48. The smallest absolute Gasteiger partial charge is 0.296 e. The van der Waals surface area contributed by atoms with Gasteiger partial charge in [0.25, 0.3) is 6.01 Å². The number of nitrogens with zero attached hydrogens (tertiary/aromatic N) is 2. The van der Waals surface area contributed by atoms with Gasteiger partial charge in [-0.25, -0.2) is 4.98 Å². The number of rotatable bonds is 4. The van der Waals surface area contributed by atoms with Crippen molar-refractivity contribution in [3.05, 3.63) is 46.5 Å². The van der Waals surface area contributed by atoms with Crippen LogP contribution in [0.4, 0.5) is 5.82 Å². The predicted molar refractivity (Wildman–Crippen MR) is 111 cm³/mol. The molecule has 162 valence electrons. The molecule has 0 radical (unpaired) electrons. The van der Waals surface area contributed by atoms with E-state index in [4.69, 9.17) is 25.8 Å². The minimum Gasteiger partial charge on any atom is -0.456 e. The number of ether oxygens (including phenoxy) is 3. The van der Waals surface area contributed by atoms with E-state index in [-0.39, 0.29) is 37.0 Å². The highest BCUT2D eigenvalue weighted by molar-refractivity contribution is 6.33. The lowest BCUT2D eigenvalue weighted by atomic mass is 10.1.